The Balaban J connectivity index is 2.14. The van der Waals surface area contributed by atoms with Gasteiger partial charge in [0.05, 0.1) is 28.3 Å². The molecule has 5 heteroatoms. The number of amides is 1. The van der Waals surface area contributed by atoms with Gasteiger partial charge >= 0.3 is 0 Å². The van der Waals surface area contributed by atoms with E-state index in [1.165, 1.54) is 0 Å². The zero-order valence-corrected chi connectivity index (χ0v) is 10.8. The van der Waals surface area contributed by atoms with Gasteiger partial charge in [-0.25, -0.2) is 0 Å². The van der Waals surface area contributed by atoms with E-state index in [1.807, 2.05) is 13.0 Å². The van der Waals surface area contributed by atoms with Crippen molar-refractivity contribution in [3.63, 3.8) is 0 Å². The summed E-state index contributed by atoms with van der Waals surface area (Å²) in [5.74, 6) is -0.101. The van der Waals surface area contributed by atoms with E-state index >= 15 is 0 Å². The van der Waals surface area contributed by atoms with Gasteiger partial charge in [0.15, 0.2) is 0 Å². The minimum Gasteiger partial charge on any atom is -0.324 e. The highest BCUT2D eigenvalue weighted by Gasteiger charge is 2.29. The minimum atomic E-state index is -0.0514. The van der Waals surface area contributed by atoms with Crippen LogP contribution in [-0.4, -0.2) is 18.5 Å². The van der Waals surface area contributed by atoms with E-state index in [4.69, 9.17) is 16.9 Å². The van der Waals surface area contributed by atoms with Crippen LogP contribution in [0.2, 0.25) is 5.02 Å². The van der Waals surface area contributed by atoms with E-state index in [-0.39, 0.29) is 17.9 Å². The predicted molar refractivity (Wildman–Crippen MR) is 70.4 cm³/mol. The topological polar surface area (TPSA) is 64.9 Å². The molecule has 0 saturated carbocycles. The number of anilines is 1. The van der Waals surface area contributed by atoms with Gasteiger partial charge in [-0.2, -0.15) is 5.26 Å². The average molecular weight is 264 g/mol. The summed E-state index contributed by atoms with van der Waals surface area (Å²) in [6.07, 6.45) is 0.822. The van der Waals surface area contributed by atoms with E-state index in [0.717, 1.165) is 13.0 Å². The number of halogens is 1. The number of carbonyl (C=O) groups is 1. The smallest absolute Gasteiger partial charge is 0.229 e. The van der Waals surface area contributed by atoms with Crippen molar-refractivity contribution in [2.45, 2.75) is 19.4 Å². The number of nitrogens with one attached hydrogen (secondary N) is 2. The maximum absolute atomic E-state index is 12.1. The summed E-state index contributed by atoms with van der Waals surface area (Å²) in [6, 6.07) is 7.02. The van der Waals surface area contributed by atoms with Crippen molar-refractivity contribution in [3.05, 3.63) is 28.8 Å². The molecule has 2 atom stereocenters. The molecular formula is C13H14ClN3O. The molecule has 2 unspecified atom stereocenters. The summed E-state index contributed by atoms with van der Waals surface area (Å²) in [5, 5.41) is 15.3. The van der Waals surface area contributed by atoms with Crippen LogP contribution in [-0.2, 0) is 4.79 Å². The molecule has 1 aromatic carbocycles. The van der Waals surface area contributed by atoms with Gasteiger partial charge in [0.2, 0.25) is 5.91 Å². The van der Waals surface area contributed by atoms with E-state index in [1.54, 1.807) is 18.2 Å². The van der Waals surface area contributed by atoms with Crippen molar-refractivity contribution >= 4 is 23.2 Å². The first kappa shape index (κ1) is 12.9. The highest BCUT2D eigenvalue weighted by molar-refractivity contribution is 6.33. The van der Waals surface area contributed by atoms with Crippen LogP contribution < -0.4 is 10.6 Å². The molecule has 1 amide bonds. The fourth-order valence-corrected chi connectivity index (χ4v) is 2.30. The van der Waals surface area contributed by atoms with Crippen LogP contribution >= 0.6 is 11.6 Å². The normalized spacial score (nSPS) is 22.5. The molecular weight excluding hydrogens is 250 g/mol. The molecule has 18 heavy (non-hydrogen) atoms. The van der Waals surface area contributed by atoms with Gasteiger partial charge < -0.3 is 10.6 Å². The molecule has 94 valence electrons. The molecule has 0 aliphatic carbocycles. The van der Waals surface area contributed by atoms with Gasteiger partial charge in [-0.3, -0.25) is 4.79 Å². The molecule has 2 rings (SSSR count). The van der Waals surface area contributed by atoms with Crippen molar-refractivity contribution in [3.8, 4) is 6.07 Å². The molecule has 0 radical (unpaired) electrons. The van der Waals surface area contributed by atoms with Crippen molar-refractivity contribution in [1.82, 2.24) is 5.32 Å². The second-order valence-electron chi connectivity index (χ2n) is 4.43. The Morgan fingerprint density at radius 1 is 1.61 bits per heavy atom. The molecule has 1 aliphatic heterocycles. The molecule has 0 spiro atoms. The van der Waals surface area contributed by atoms with Gasteiger partial charge in [-0.05, 0) is 38.1 Å². The monoisotopic (exact) mass is 263 g/mol. The first-order valence-electron chi connectivity index (χ1n) is 5.85. The number of carbonyl (C=O) groups excluding carboxylic acids is 1. The number of benzene rings is 1. The number of hydrogen-bond donors (Lipinski definition) is 2. The third kappa shape index (κ3) is 2.63. The largest absolute Gasteiger partial charge is 0.324 e. The van der Waals surface area contributed by atoms with Crippen LogP contribution in [0.25, 0.3) is 0 Å². The molecule has 1 heterocycles. The first-order valence-corrected chi connectivity index (χ1v) is 6.23. The number of hydrogen-bond acceptors (Lipinski definition) is 3. The second-order valence-corrected chi connectivity index (χ2v) is 4.84. The van der Waals surface area contributed by atoms with Crippen LogP contribution in [0.5, 0.6) is 0 Å². The third-order valence-corrected chi connectivity index (χ3v) is 3.54. The van der Waals surface area contributed by atoms with Crippen LogP contribution in [0.3, 0.4) is 0 Å². The summed E-state index contributed by atoms with van der Waals surface area (Å²) in [7, 11) is 0. The zero-order valence-electron chi connectivity index (χ0n) is 10.0. The molecule has 0 aromatic heterocycles. The Kier molecular flexibility index (Phi) is 3.85. The number of rotatable bonds is 2. The lowest BCUT2D eigenvalue weighted by Crippen LogP contribution is -2.32. The van der Waals surface area contributed by atoms with E-state index in [2.05, 4.69) is 10.6 Å². The zero-order chi connectivity index (χ0) is 13.1. The molecule has 0 bridgehead atoms. The summed E-state index contributed by atoms with van der Waals surface area (Å²) >= 11 is 6.00. The van der Waals surface area contributed by atoms with E-state index in [0.29, 0.717) is 16.3 Å². The highest BCUT2D eigenvalue weighted by atomic mass is 35.5. The maximum atomic E-state index is 12.1. The fourth-order valence-electron chi connectivity index (χ4n) is 2.13. The van der Waals surface area contributed by atoms with Crippen molar-refractivity contribution in [2.75, 3.05) is 11.9 Å². The lowest BCUT2D eigenvalue weighted by Gasteiger charge is -2.15. The number of nitriles is 1. The van der Waals surface area contributed by atoms with Crippen molar-refractivity contribution < 1.29 is 4.79 Å². The molecule has 4 nitrogen and oxygen atoms in total. The lowest BCUT2D eigenvalue weighted by molar-refractivity contribution is -0.119. The standard InChI is InChI=1S/C13H14ClN3O/c1-8-10(4-5-16-8)13(18)17-12-6-9(7-15)2-3-11(12)14/h2-3,6,8,10,16H,4-5H2,1H3,(H,17,18). The second kappa shape index (κ2) is 5.38. The Labute approximate surface area is 111 Å². The first-order chi connectivity index (χ1) is 8.61. The lowest BCUT2D eigenvalue weighted by atomic mass is 10.0. The van der Waals surface area contributed by atoms with Crippen molar-refractivity contribution in [1.29, 1.82) is 5.26 Å². The summed E-state index contributed by atoms with van der Waals surface area (Å²) in [4.78, 5) is 12.1. The molecule has 2 N–H and O–H groups in total. The van der Waals surface area contributed by atoms with Crippen LogP contribution in [0.1, 0.15) is 18.9 Å². The maximum Gasteiger partial charge on any atom is 0.229 e. The quantitative estimate of drug-likeness (QED) is 0.859. The summed E-state index contributed by atoms with van der Waals surface area (Å²) in [6.45, 7) is 2.84. The van der Waals surface area contributed by atoms with Crippen molar-refractivity contribution in [2.24, 2.45) is 5.92 Å². The molecule has 1 fully saturated rings. The Bertz CT molecular complexity index is 509. The Morgan fingerprint density at radius 2 is 2.39 bits per heavy atom. The fraction of sp³-hybridized carbons (Fsp3) is 0.385. The van der Waals surface area contributed by atoms with Gasteiger partial charge in [-0.1, -0.05) is 11.6 Å². The Hall–Kier alpha value is -1.57. The van der Waals surface area contributed by atoms with Crippen LogP contribution in [0, 0.1) is 17.2 Å². The summed E-state index contributed by atoms with van der Waals surface area (Å²) < 4.78 is 0. The van der Waals surface area contributed by atoms with E-state index < -0.39 is 0 Å². The molecule has 1 aromatic rings. The average Bonchev–Trinajstić information content (AvgIpc) is 2.78. The SMILES string of the molecule is CC1NCCC1C(=O)Nc1cc(C#N)ccc1Cl. The van der Waals surface area contributed by atoms with Gasteiger partial charge in [0, 0.05) is 6.04 Å². The summed E-state index contributed by atoms with van der Waals surface area (Å²) in [5.41, 5.74) is 0.979. The van der Waals surface area contributed by atoms with Gasteiger partial charge in [0.1, 0.15) is 0 Å². The van der Waals surface area contributed by atoms with Crippen LogP contribution in [0.4, 0.5) is 5.69 Å². The number of nitrogens with zero attached hydrogens (tertiary/aromatic N) is 1. The predicted octanol–water partition coefficient (Wildman–Crippen LogP) is 2.15. The minimum absolute atomic E-state index is 0.0493. The van der Waals surface area contributed by atoms with Gasteiger partial charge in [-0.15, -0.1) is 0 Å². The molecule has 1 aliphatic rings. The third-order valence-electron chi connectivity index (χ3n) is 3.22. The van der Waals surface area contributed by atoms with Gasteiger partial charge in [0.25, 0.3) is 0 Å². The molecule has 1 saturated heterocycles. The van der Waals surface area contributed by atoms with E-state index in [9.17, 15) is 4.79 Å². The highest BCUT2D eigenvalue weighted by Crippen LogP contribution is 2.25. The Morgan fingerprint density at radius 3 is 3.00 bits per heavy atom. The van der Waals surface area contributed by atoms with Crippen LogP contribution in [0.15, 0.2) is 18.2 Å².